The molecule has 0 spiro atoms. The van der Waals surface area contributed by atoms with Crippen molar-refractivity contribution in [3.63, 3.8) is 0 Å². The van der Waals surface area contributed by atoms with Gasteiger partial charge in [0.1, 0.15) is 16.8 Å². The van der Waals surface area contributed by atoms with E-state index in [1.165, 1.54) is 0 Å². The Morgan fingerprint density at radius 2 is 0.375 bits per heavy atom. The summed E-state index contributed by atoms with van der Waals surface area (Å²) in [5.41, 5.74) is -8.92. The van der Waals surface area contributed by atoms with E-state index in [-0.39, 0.29) is 201 Å². The maximum Gasteiger partial charge on any atom is 1.00 e. The van der Waals surface area contributed by atoms with Gasteiger partial charge >= 0.3 is 201 Å². The molecule has 0 aromatic carbocycles. The molecule has 0 rings (SSSR count). The molecule has 0 aromatic heterocycles. The van der Waals surface area contributed by atoms with Crippen LogP contribution >= 0.6 is 0 Å². The third-order valence-electron chi connectivity index (χ3n) is 3.76. The number of hydrogen-bond acceptors (Lipinski definition) is 21. The molecule has 3 N–H and O–H groups in total. The van der Waals surface area contributed by atoms with Crippen molar-refractivity contribution in [2.75, 3.05) is 0 Å². The van der Waals surface area contributed by atoms with Gasteiger partial charge in [0.05, 0.1) is 17.9 Å². The quantitative estimate of drug-likeness (QED) is 0.128. The monoisotopic (exact) mass is 1530 g/mol. The van der Waals surface area contributed by atoms with Crippen LogP contribution in [0.1, 0.15) is 38.5 Å². The molecule has 0 fully saturated rings. The summed E-state index contributed by atoms with van der Waals surface area (Å²) in [6, 6.07) is 0. The number of aliphatic hydroxyl groups is 3. The maximum atomic E-state index is 10.1. The SMILES string of the molecule is O=C([O-])CC(O)(CC(=O)[O-])C(=O)[O-].O=C([O-])CC(O)(CC(=O)[O-])C(=O)[O-].O=C([O-])CC(O)(CC(=O)[O-])C(=O)[O-].[Ag+].[Ag+].[Ag+].[Ag+].[Ag+].[Ag+].[Ag+].[Ag+].[Ag+]. The first-order chi connectivity index (χ1) is 17.3. The molecule has 0 atom stereocenters. The van der Waals surface area contributed by atoms with Crippen LogP contribution in [0, 0.1) is 0 Å². The summed E-state index contributed by atoms with van der Waals surface area (Å²) in [4.78, 5) is 90.0. The summed E-state index contributed by atoms with van der Waals surface area (Å²) in [6.07, 6.45) is -8.15. The minimum absolute atomic E-state index is 0. The molecular formula is C18H15Ag9O21. The Kier molecular flexibility index (Phi) is 69.1. The van der Waals surface area contributed by atoms with Gasteiger partial charge in [0.15, 0.2) is 0 Å². The Balaban J connectivity index is -0.0000000370. The molecule has 312 valence electrons. The number of carbonyl (C=O) groups excluding carboxylic acids is 9. The van der Waals surface area contributed by atoms with Gasteiger partial charge in [-0.2, -0.15) is 0 Å². The second-order valence-corrected chi connectivity index (χ2v) is 7.25. The minimum atomic E-state index is -2.97. The molecule has 0 aliphatic carbocycles. The maximum absolute atomic E-state index is 10.1. The van der Waals surface area contributed by atoms with E-state index in [4.69, 9.17) is 15.3 Å². The van der Waals surface area contributed by atoms with Gasteiger partial charge in [0.25, 0.3) is 0 Å². The van der Waals surface area contributed by atoms with Crippen molar-refractivity contribution >= 4 is 53.7 Å². The van der Waals surface area contributed by atoms with E-state index in [9.17, 15) is 89.1 Å². The predicted octanol–water partition coefficient (Wildman–Crippen LogP) is -15.8. The number of carboxylic acids is 9. The molecule has 30 heteroatoms. The van der Waals surface area contributed by atoms with E-state index >= 15 is 0 Å². The van der Waals surface area contributed by atoms with E-state index in [0.29, 0.717) is 0 Å². The zero-order chi connectivity index (χ0) is 31.9. The van der Waals surface area contributed by atoms with Gasteiger partial charge in [-0.05, 0) is 0 Å². The summed E-state index contributed by atoms with van der Waals surface area (Å²) in [5, 5.41) is 117. The summed E-state index contributed by atoms with van der Waals surface area (Å²) < 4.78 is 0. The normalized spacial score (nSPS) is 8.81. The van der Waals surface area contributed by atoms with Crippen molar-refractivity contribution in [1.82, 2.24) is 0 Å². The Labute approximate surface area is 409 Å². The first kappa shape index (κ1) is 83.0. The van der Waals surface area contributed by atoms with Crippen LogP contribution in [0.2, 0.25) is 0 Å². The van der Waals surface area contributed by atoms with Crippen LogP contribution in [-0.4, -0.2) is 85.8 Å². The Morgan fingerprint density at radius 1 is 0.292 bits per heavy atom. The predicted molar refractivity (Wildman–Crippen MR) is 87.6 cm³/mol. The molecule has 0 bridgehead atoms. The van der Waals surface area contributed by atoms with E-state index in [1.54, 1.807) is 0 Å². The topological polar surface area (TPSA) is 422 Å². The smallest absolute Gasteiger partial charge is 0.550 e. The zero-order valence-electron chi connectivity index (χ0n) is 21.6. The van der Waals surface area contributed by atoms with Gasteiger partial charge in [0, 0.05) is 74.3 Å². The molecule has 0 saturated carbocycles. The van der Waals surface area contributed by atoms with Crippen LogP contribution in [0.5, 0.6) is 0 Å². The van der Waals surface area contributed by atoms with E-state index in [2.05, 4.69) is 0 Å². The number of carbonyl (C=O) groups is 9. The van der Waals surface area contributed by atoms with E-state index in [1.807, 2.05) is 0 Å². The third kappa shape index (κ3) is 42.2. The number of aliphatic carboxylic acids is 9. The molecule has 0 amide bonds. The van der Waals surface area contributed by atoms with Gasteiger partial charge < -0.3 is 104 Å². The van der Waals surface area contributed by atoms with Crippen LogP contribution in [0.3, 0.4) is 0 Å². The molecule has 0 radical (unpaired) electrons. The molecule has 48 heavy (non-hydrogen) atoms. The fourth-order valence-electron chi connectivity index (χ4n) is 2.05. The van der Waals surface area contributed by atoms with Crippen molar-refractivity contribution in [2.45, 2.75) is 55.3 Å². The van der Waals surface area contributed by atoms with Crippen LogP contribution < -0.4 is 46.0 Å². The van der Waals surface area contributed by atoms with Crippen LogP contribution in [0.15, 0.2) is 0 Å². The van der Waals surface area contributed by atoms with Gasteiger partial charge in [0.2, 0.25) is 0 Å². The van der Waals surface area contributed by atoms with E-state index < -0.39 is 109 Å². The Bertz CT molecular complexity index is 839. The van der Waals surface area contributed by atoms with E-state index in [0.717, 1.165) is 0 Å². The molecule has 0 unspecified atom stereocenters. The fourth-order valence-corrected chi connectivity index (χ4v) is 2.05. The van der Waals surface area contributed by atoms with Crippen molar-refractivity contribution in [2.24, 2.45) is 0 Å². The van der Waals surface area contributed by atoms with Gasteiger partial charge in [-0.25, -0.2) is 0 Å². The minimum Gasteiger partial charge on any atom is -0.550 e. The van der Waals surface area contributed by atoms with Gasteiger partial charge in [-0.15, -0.1) is 0 Å². The van der Waals surface area contributed by atoms with Crippen LogP contribution in [0.4, 0.5) is 0 Å². The van der Waals surface area contributed by atoms with Crippen molar-refractivity contribution in [3.05, 3.63) is 0 Å². The molecule has 0 aliphatic heterocycles. The first-order valence-corrected chi connectivity index (χ1v) is 9.34. The van der Waals surface area contributed by atoms with Crippen LogP contribution in [0.25, 0.3) is 0 Å². The Hall–Kier alpha value is 1.77. The van der Waals surface area contributed by atoms with Crippen LogP contribution in [-0.2, 0) is 245 Å². The Morgan fingerprint density at radius 3 is 0.417 bits per heavy atom. The average Bonchev–Trinajstić information content (AvgIpc) is 2.64. The second-order valence-electron chi connectivity index (χ2n) is 7.25. The molecule has 21 nitrogen and oxygen atoms in total. The molecule has 0 aliphatic rings. The number of carboxylic acid groups (broad SMARTS) is 9. The molecule has 0 saturated heterocycles. The summed E-state index contributed by atoms with van der Waals surface area (Å²) in [6.45, 7) is 0. The van der Waals surface area contributed by atoms with Gasteiger partial charge in [-0.1, -0.05) is 0 Å². The number of rotatable bonds is 15. The van der Waals surface area contributed by atoms with Gasteiger partial charge in [-0.3, -0.25) is 0 Å². The fraction of sp³-hybridized carbons (Fsp3) is 0.500. The van der Waals surface area contributed by atoms with Crippen molar-refractivity contribution in [1.29, 1.82) is 0 Å². The molecular weight excluding hydrogens is 1520 g/mol. The largest absolute Gasteiger partial charge is 1.00 e. The summed E-state index contributed by atoms with van der Waals surface area (Å²) in [5.74, 6) is -18.0. The van der Waals surface area contributed by atoms with Crippen molar-refractivity contribution in [3.8, 4) is 0 Å². The zero-order valence-corrected chi connectivity index (χ0v) is 35.0. The third-order valence-corrected chi connectivity index (χ3v) is 3.76. The van der Waals surface area contributed by atoms with Crippen molar-refractivity contribution < 1.29 is 306 Å². The second kappa shape index (κ2) is 40.0. The average molecular weight is 1540 g/mol. The summed E-state index contributed by atoms with van der Waals surface area (Å²) in [7, 11) is 0. The molecule has 0 heterocycles. The summed E-state index contributed by atoms with van der Waals surface area (Å²) >= 11 is 0. The standard InChI is InChI=1S/3C6H8O7.9Ag/c3*7-3(8)1-6(13,5(11)12)2-4(9)10;;;;;;;;;/h3*13H,1-2H2,(H,7,8)(H,9,10)(H,11,12);;;;;;;;;/q;;;9*+1/p-9. The number of hydrogen-bond donors (Lipinski definition) is 3. The molecule has 0 aromatic rings. The first-order valence-electron chi connectivity index (χ1n) is 9.34.